The maximum absolute atomic E-state index is 12.1. The second-order valence-corrected chi connectivity index (χ2v) is 10.5. The van der Waals surface area contributed by atoms with Crippen molar-refractivity contribution in [3.05, 3.63) is 17.4 Å². The van der Waals surface area contributed by atoms with Gasteiger partial charge in [0.25, 0.3) is 0 Å². The van der Waals surface area contributed by atoms with Crippen LogP contribution in [0.15, 0.2) is 12.3 Å². The lowest BCUT2D eigenvalue weighted by atomic mass is 10.00. The van der Waals surface area contributed by atoms with Crippen LogP contribution in [0.2, 0.25) is 5.15 Å². The average Bonchev–Trinajstić information content (AvgIpc) is 3.53. The van der Waals surface area contributed by atoms with E-state index >= 15 is 0 Å². The van der Waals surface area contributed by atoms with Gasteiger partial charge in [0.15, 0.2) is 29.4 Å². The van der Waals surface area contributed by atoms with Crippen molar-refractivity contribution in [2.75, 3.05) is 31.2 Å². The highest BCUT2D eigenvalue weighted by atomic mass is 35.5. The number of halogens is 1. The number of esters is 1. The SMILES string of the molecule is [2H][C@H]1O[C@@H](n2ncc3c(N4C[C@H]5CCC[C@H]5C4)cc(Cl)nc32)[C@H](OC(C)=O)C12COC(C)(C)O2. The summed E-state index contributed by atoms with van der Waals surface area (Å²) in [5.74, 6) is -0.0113. The van der Waals surface area contributed by atoms with Crippen molar-refractivity contribution >= 4 is 34.3 Å². The third kappa shape index (κ3) is 3.51. The van der Waals surface area contributed by atoms with E-state index in [-0.39, 0.29) is 6.61 Å². The normalized spacial score (nSPS) is 37.8. The summed E-state index contributed by atoms with van der Waals surface area (Å²) < 4.78 is 33.8. The van der Waals surface area contributed by atoms with E-state index in [4.69, 9.17) is 31.9 Å². The summed E-state index contributed by atoms with van der Waals surface area (Å²) in [6, 6.07) is 1.89. The molecular weight excluding hydrogens is 448 g/mol. The zero-order valence-corrected chi connectivity index (χ0v) is 19.7. The molecule has 0 amide bonds. The Balaban J connectivity index is 1.40. The molecule has 3 saturated heterocycles. The van der Waals surface area contributed by atoms with Crippen LogP contribution in [-0.4, -0.2) is 64.5 Å². The maximum Gasteiger partial charge on any atom is 0.303 e. The number of anilines is 1. The predicted molar refractivity (Wildman–Crippen MR) is 120 cm³/mol. The van der Waals surface area contributed by atoms with Crippen LogP contribution in [0.4, 0.5) is 5.69 Å². The minimum Gasteiger partial charge on any atom is -0.454 e. The highest BCUT2D eigenvalue weighted by molar-refractivity contribution is 6.30. The summed E-state index contributed by atoms with van der Waals surface area (Å²) in [4.78, 5) is 19.0. The number of nitrogens with zero attached hydrogens (tertiary/aromatic N) is 4. The van der Waals surface area contributed by atoms with Gasteiger partial charge in [-0.2, -0.15) is 5.10 Å². The molecule has 178 valence electrons. The van der Waals surface area contributed by atoms with Gasteiger partial charge in [0.05, 0.1) is 31.8 Å². The van der Waals surface area contributed by atoms with Crippen molar-refractivity contribution in [3.8, 4) is 0 Å². The molecule has 1 saturated carbocycles. The van der Waals surface area contributed by atoms with Crippen LogP contribution in [-0.2, 0) is 23.7 Å². The van der Waals surface area contributed by atoms with Gasteiger partial charge in [-0.25, -0.2) is 9.67 Å². The Kier molecular flexibility index (Phi) is 4.66. The number of ether oxygens (including phenoxy) is 4. The molecule has 33 heavy (non-hydrogen) atoms. The van der Waals surface area contributed by atoms with Gasteiger partial charge in [0.2, 0.25) is 0 Å². The van der Waals surface area contributed by atoms with Gasteiger partial charge in [-0.15, -0.1) is 0 Å². The molecule has 0 radical (unpaired) electrons. The monoisotopic (exact) mass is 477 g/mol. The van der Waals surface area contributed by atoms with E-state index in [1.54, 1.807) is 24.7 Å². The van der Waals surface area contributed by atoms with E-state index in [9.17, 15) is 4.79 Å². The van der Waals surface area contributed by atoms with Crippen molar-refractivity contribution < 1.29 is 25.1 Å². The molecule has 2 aromatic rings. The average molecular weight is 478 g/mol. The number of carbonyl (C=O) groups excluding carboxylic acids is 1. The number of hydrogen-bond donors (Lipinski definition) is 0. The minimum atomic E-state index is -1.29. The lowest BCUT2D eigenvalue weighted by Gasteiger charge is -2.30. The number of pyridine rings is 1. The van der Waals surface area contributed by atoms with Gasteiger partial charge in [-0.1, -0.05) is 18.0 Å². The molecule has 5 heterocycles. The summed E-state index contributed by atoms with van der Waals surface area (Å²) >= 11 is 6.48. The maximum atomic E-state index is 12.1. The van der Waals surface area contributed by atoms with Crippen LogP contribution < -0.4 is 4.90 Å². The van der Waals surface area contributed by atoms with Gasteiger partial charge in [0, 0.05) is 20.0 Å². The molecule has 0 bridgehead atoms. The summed E-state index contributed by atoms with van der Waals surface area (Å²) in [5, 5.41) is 5.78. The van der Waals surface area contributed by atoms with E-state index in [2.05, 4.69) is 15.0 Å². The standard InChI is InChI=1S/C23H29ClN4O5/c1-13(29)32-19-21(30-11-23(19)12-31-22(2,3)33-23)28-20-16(8-25-28)17(7-18(24)26-20)27-9-14-5-4-6-15(14)10-27/h7-8,14-15,19,21H,4-6,9-12H2,1-3H3/t14-,15+,19-,21+,23?/m0/s1/i11D/t11-,14-,15+,19+,21-,23?/m1. The lowest BCUT2D eigenvalue weighted by Crippen LogP contribution is -2.48. The molecule has 6 atom stereocenters. The van der Waals surface area contributed by atoms with Crippen LogP contribution in [0.5, 0.6) is 0 Å². The topological polar surface area (TPSA) is 87.9 Å². The summed E-state index contributed by atoms with van der Waals surface area (Å²) in [6.07, 6.45) is 3.73. The third-order valence-electron chi connectivity index (χ3n) is 7.34. The van der Waals surface area contributed by atoms with Gasteiger partial charge in [-0.3, -0.25) is 4.79 Å². The number of hydrogen-bond acceptors (Lipinski definition) is 8. The quantitative estimate of drug-likeness (QED) is 0.491. The van der Waals surface area contributed by atoms with E-state index in [0.717, 1.165) is 36.0 Å². The molecule has 10 heteroatoms. The predicted octanol–water partition coefficient (Wildman–Crippen LogP) is 3.30. The Morgan fingerprint density at radius 3 is 2.76 bits per heavy atom. The second-order valence-electron chi connectivity index (χ2n) is 10.1. The molecule has 1 spiro atoms. The van der Waals surface area contributed by atoms with Crippen molar-refractivity contribution in [2.45, 2.75) is 63.8 Å². The Morgan fingerprint density at radius 1 is 1.33 bits per heavy atom. The van der Waals surface area contributed by atoms with Crippen molar-refractivity contribution in [1.82, 2.24) is 14.8 Å². The summed E-state index contributed by atoms with van der Waals surface area (Å²) in [6.45, 7) is 5.74. The Hall–Kier alpha value is -1.94. The first kappa shape index (κ1) is 20.4. The van der Waals surface area contributed by atoms with E-state index in [1.807, 2.05) is 6.07 Å². The Morgan fingerprint density at radius 2 is 2.09 bits per heavy atom. The first-order valence-electron chi connectivity index (χ1n) is 12.1. The molecule has 9 nitrogen and oxygen atoms in total. The molecule has 1 aliphatic carbocycles. The minimum absolute atomic E-state index is 0.0534. The van der Waals surface area contributed by atoms with E-state index < -0.39 is 36.3 Å². The molecule has 4 fully saturated rings. The summed E-state index contributed by atoms with van der Waals surface area (Å²) in [7, 11) is 0. The first-order chi connectivity index (χ1) is 16.2. The van der Waals surface area contributed by atoms with Crippen LogP contribution in [0.25, 0.3) is 11.0 Å². The van der Waals surface area contributed by atoms with Gasteiger partial charge in [-0.05, 0) is 44.6 Å². The smallest absolute Gasteiger partial charge is 0.303 e. The van der Waals surface area contributed by atoms with Crippen LogP contribution in [0.1, 0.15) is 47.6 Å². The first-order valence-corrected chi connectivity index (χ1v) is 11.9. The third-order valence-corrected chi connectivity index (χ3v) is 7.54. The van der Waals surface area contributed by atoms with Crippen LogP contribution in [0.3, 0.4) is 0 Å². The van der Waals surface area contributed by atoms with Gasteiger partial charge < -0.3 is 23.8 Å². The van der Waals surface area contributed by atoms with Crippen LogP contribution in [0, 0.1) is 11.8 Å². The van der Waals surface area contributed by atoms with Gasteiger partial charge >= 0.3 is 5.97 Å². The van der Waals surface area contributed by atoms with E-state index in [1.165, 1.54) is 26.2 Å². The van der Waals surface area contributed by atoms with Gasteiger partial charge in [0.1, 0.15) is 5.15 Å². The fourth-order valence-electron chi connectivity index (χ4n) is 5.94. The lowest BCUT2D eigenvalue weighted by molar-refractivity contribution is -0.190. The number of rotatable bonds is 3. The summed E-state index contributed by atoms with van der Waals surface area (Å²) in [5.41, 5.74) is 0.229. The van der Waals surface area contributed by atoms with E-state index in [0.29, 0.717) is 10.8 Å². The Labute approximate surface area is 198 Å². The highest BCUT2D eigenvalue weighted by Crippen LogP contribution is 2.46. The molecule has 4 aliphatic rings. The molecule has 6 rings (SSSR count). The fraction of sp³-hybridized carbons (Fsp3) is 0.696. The number of fused-ring (bicyclic) bond motifs is 2. The number of carbonyl (C=O) groups is 1. The molecule has 0 N–H and O–H groups in total. The fourth-order valence-corrected chi connectivity index (χ4v) is 6.12. The second kappa shape index (κ2) is 7.53. The molecule has 1 unspecified atom stereocenters. The van der Waals surface area contributed by atoms with Crippen molar-refractivity contribution in [1.29, 1.82) is 0 Å². The van der Waals surface area contributed by atoms with Crippen molar-refractivity contribution in [3.63, 3.8) is 0 Å². The molecule has 0 aromatic carbocycles. The zero-order chi connectivity index (χ0) is 23.8. The zero-order valence-electron chi connectivity index (χ0n) is 20.0. The Bertz CT molecular complexity index is 1130. The molecule has 2 aromatic heterocycles. The highest BCUT2D eigenvalue weighted by Gasteiger charge is 2.61. The largest absolute Gasteiger partial charge is 0.454 e. The number of aromatic nitrogens is 3. The molecular formula is C23H29ClN4O5. The van der Waals surface area contributed by atoms with Crippen molar-refractivity contribution in [2.24, 2.45) is 11.8 Å². The molecule has 3 aliphatic heterocycles. The van der Waals surface area contributed by atoms with Crippen LogP contribution >= 0.6 is 11.6 Å².